The second-order valence-electron chi connectivity index (χ2n) is 5.62. The van der Waals surface area contributed by atoms with E-state index in [0.29, 0.717) is 9.71 Å². The molecule has 0 saturated carbocycles. The maximum absolute atomic E-state index is 6.18. The molecule has 8 heteroatoms. The number of hydrogen-bond acceptors (Lipinski definition) is 6. The van der Waals surface area contributed by atoms with Crippen LogP contribution in [-0.4, -0.2) is 44.1 Å². The molecule has 1 saturated heterocycles. The molecule has 0 N–H and O–H groups in total. The van der Waals surface area contributed by atoms with Crippen molar-refractivity contribution in [3.05, 3.63) is 28.4 Å². The SMILES string of the molecule is Cn1nc(-c2ccnc(I)n2)c2c(OC3CCOCC3)nccc21. The Kier molecular flexibility index (Phi) is 4.31. The lowest BCUT2D eigenvalue weighted by atomic mass is 10.1. The summed E-state index contributed by atoms with van der Waals surface area (Å²) in [7, 11) is 1.91. The van der Waals surface area contributed by atoms with Gasteiger partial charge in [-0.05, 0) is 12.1 Å². The Morgan fingerprint density at radius 2 is 2.00 bits per heavy atom. The summed E-state index contributed by atoms with van der Waals surface area (Å²) in [6.45, 7) is 1.45. The molecule has 0 aromatic carbocycles. The van der Waals surface area contributed by atoms with Crippen molar-refractivity contribution in [3.63, 3.8) is 0 Å². The Bertz CT molecular complexity index is 876. The fourth-order valence-corrected chi connectivity index (χ4v) is 3.29. The van der Waals surface area contributed by atoms with Crippen LogP contribution in [0.25, 0.3) is 22.3 Å². The van der Waals surface area contributed by atoms with Crippen LogP contribution in [0.2, 0.25) is 0 Å². The molecule has 1 aliphatic rings. The van der Waals surface area contributed by atoms with Crippen LogP contribution in [0.15, 0.2) is 24.5 Å². The Morgan fingerprint density at radius 3 is 2.79 bits per heavy atom. The van der Waals surface area contributed by atoms with Crippen LogP contribution in [0.4, 0.5) is 0 Å². The highest BCUT2D eigenvalue weighted by atomic mass is 127. The van der Waals surface area contributed by atoms with Crippen LogP contribution in [0.5, 0.6) is 5.88 Å². The van der Waals surface area contributed by atoms with Gasteiger partial charge in [-0.3, -0.25) is 4.68 Å². The van der Waals surface area contributed by atoms with Crippen LogP contribution in [-0.2, 0) is 11.8 Å². The third-order valence-corrected chi connectivity index (χ3v) is 4.56. The number of pyridine rings is 1. The van der Waals surface area contributed by atoms with Gasteiger partial charge >= 0.3 is 0 Å². The maximum atomic E-state index is 6.18. The van der Waals surface area contributed by atoms with Gasteiger partial charge in [0.25, 0.3) is 0 Å². The van der Waals surface area contributed by atoms with Crippen molar-refractivity contribution in [2.45, 2.75) is 18.9 Å². The van der Waals surface area contributed by atoms with Crippen LogP contribution in [0, 0.1) is 3.83 Å². The van der Waals surface area contributed by atoms with Gasteiger partial charge in [0.15, 0.2) is 3.83 Å². The van der Waals surface area contributed by atoms with Gasteiger partial charge in [-0.15, -0.1) is 0 Å². The summed E-state index contributed by atoms with van der Waals surface area (Å²) in [5, 5.41) is 5.52. The van der Waals surface area contributed by atoms with E-state index in [1.807, 2.05) is 23.9 Å². The van der Waals surface area contributed by atoms with Gasteiger partial charge in [0.2, 0.25) is 5.88 Å². The summed E-state index contributed by atoms with van der Waals surface area (Å²) >= 11 is 2.10. The van der Waals surface area contributed by atoms with Gasteiger partial charge in [0.05, 0.1) is 29.8 Å². The second-order valence-corrected chi connectivity index (χ2v) is 6.59. The van der Waals surface area contributed by atoms with E-state index in [1.54, 1.807) is 12.4 Å². The van der Waals surface area contributed by atoms with Crippen molar-refractivity contribution in [2.24, 2.45) is 7.05 Å². The highest BCUT2D eigenvalue weighted by Gasteiger charge is 2.22. The summed E-state index contributed by atoms with van der Waals surface area (Å²) in [5.74, 6) is 0.608. The quantitative estimate of drug-likeness (QED) is 0.463. The molecule has 0 amide bonds. The van der Waals surface area contributed by atoms with Gasteiger partial charge in [-0.25, -0.2) is 15.0 Å². The summed E-state index contributed by atoms with van der Waals surface area (Å²) in [6.07, 6.45) is 5.36. The van der Waals surface area contributed by atoms with E-state index in [1.165, 1.54) is 0 Å². The lowest BCUT2D eigenvalue weighted by Crippen LogP contribution is -2.26. The summed E-state index contributed by atoms with van der Waals surface area (Å²) < 4.78 is 14.1. The number of halogens is 1. The molecular weight excluding hydrogens is 421 g/mol. The second kappa shape index (κ2) is 6.60. The third kappa shape index (κ3) is 2.95. The highest BCUT2D eigenvalue weighted by Crippen LogP contribution is 2.33. The average molecular weight is 437 g/mol. The molecule has 124 valence electrons. The number of aryl methyl sites for hydroxylation is 1. The highest BCUT2D eigenvalue weighted by molar-refractivity contribution is 14.1. The first-order valence-electron chi connectivity index (χ1n) is 7.77. The van der Waals surface area contributed by atoms with Gasteiger partial charge in [0.1, 0.15) is 11.8 Å². The van der Waals surface area contributed by atoms with Gasteiger partial charge in [0, 0.05) is 54.9 Å². The average Bonchev–Trinajstić information content (AvgIpc) is 2.94. The van der Waals surface area contributed by atoms with E-state index in [2.05, 4.69) is 42.6 Å². The standard InChI is InChI=1S/C16H16IN5O2/c1-22-12-3-7-18-15(24-10-4-8-23-9-5-10)13(12)14(21-22)11-2-6-19-16(17)20-11/h2-3,6-7,10H,4-5,8-9H2,1H3. The Balaban J connectivity index is 1.82. The predicted molar refractivity (Wildman–Crippen MR) is 96.7 cm³/mol. The topological polar surface area (TPSA) is 75.0 Å². The van der Waals surface area contributed by atoms with Crippen molar-refractivity contribution in [1.82, 2.24) is 24.7 Å². The minimum Gasteiger partial charge on any atom is -0.474 e. The first-order valence-corrected chi connectivity index (χ1v) is 8.85. The molecule has 3 aromatic rings. The number of rotatable bonds is 3. The molecular formula is C16H16IN5O2. The van der Waals surface area contributed by atoms with Crippen molar-refractivity contribution in [3.8, 4) is 17.3 Å². The van der Waals surface area contributed by atoms with Gasteiger partial charge in [-0.1, -0.05) is 0 Å². The molecule has 0 unspecified atom stereocenters. The zero-order valence-electron chi connectivity index (χ0n) is 13.1. The molecule has 4 rings (SSSR count). The van der Waals surface area contributed by atoms with Gasteiger partial charge in [-0.2, -0.15) is 5.10 Å². The molecule has 0 bridgehead atoms. The lowest BCUT2D eigenvalue weighted by molar-refractivity contribution is 0.0244. The van der Waals surface area contributed by atoms with Crippen LogP contribution in [0.3, 0.4) is 0 Å². The fourth-order valence-electron chi connectivity index (χ4n) is 2.87. The molecule has 1 aliphatic heterocycles. The maximum Gasteiger partial charge on any atom is 0.225 e. The Labute approximate surface area is 152 Å². The number of ether oxygens (including phenoxy) is 2. The van der Waals surface area contributed by atoms with Crippen LogP contribution >= 0.6 is 22.6 Å². The molecule has 0 radical (unpaired) electrons. The molecule has 7 nitrogen and oxygen atoms in total. The number of aromatic nitrogens is 5. The largest absolute Gasteiger partial charge is 0.474 e. The van der Waals surface area contributed by atoms with Gasteiger partial charge < -0.3 is 9.47 Å². The summed E-state index contributed by atoms with van der Waals surface area (Å²) in [5.41, 5.74) is 2.50. The van der Waals surface area contributed by atoms with Crippen molar-refractivity contribution < 1.29 is 9.47 Å². The molecule has 1 fully saturated rings. The third-order valence-electron chi connectivity index (χ3n) is 4.05. The minimum atomic E-state index is 0.121. The van der Waals surface area contributed by atoms with Crippen molar-refractivity contribution in [1.29, 1.82) is 0 Å². The fraction of sp³-hybridized carbons (Fsp3) is 0.375. The molecule has 24 heavy (non-hydrogen) atoms. The predicted octanol–water partition coefficient (Wildman–Crippen LogP) is 2.59. The number of fused-ring (bicyclic) bond motifs is 1. The summed E-state index contributed by atoms with van der Waals surface area (Å²) in [4.78, 5) is 13.1. The first-order chi connectivity index (χ1) is 11.7. The van der Waals surface area contributed by atoms with E-state index >= 15 is 0 Å². The monoisotopic (exact) mass is 437 g/mol. The molecule has 0 atom stereocenters. The molecule has 4 heterocycles. The molecule has 3 aromatic heterocycles. The normalized spacial score (nSPS) is 15.8. The van der Waals surface area contributed by atoms with Crippen LogP contribution < -0.4 is 4.74 Å². The smallest absolute Gasteiger partial charge is 0.225 e. The van der Waals surface area contributed by atoms with E-state index in [9.17, 15) is 0 Å². The van der Waals surface area contributed by atoms with E-state index < -0.39 is 0 Å². The summed E-state index contributed by atoms with van der Waals surface area (Å²) in [6, 6.07) is 3.80. The Morgan fingerprint density at radius 1 is 1.21 bits per heavy atom. The molecule has 0 spiro atoms. The lowest BCUT2D eigenvalue weighted by Gasteiger charge is -2.23. The van der Waals surface area contributed by atoms with Crippen molar-refractivity contribution in [2.75, 3.05) is 13.2 Å². The first kappa shape index (κ1) is 15.7. The van der Waals surface area contributed by atoms with E-state index in [0.717, 1.165) is 48.3 Å². The zero-order valence-corrected chi connectivity index (χ0v) is 15.3. The van der Waals surface area contributed by atoms with Crippen molar-refractivity contribution >= 4 is 33.5 Å². The number of hydrogen-bond donors (Lipinski definition) is 0. The van der Waals surface area contributed by atoms with E-state index in [4.69, 9.17) is 9.47 Å². The Hall–Kier alpha value is -1.81. The molecule has 0 aliphatic carbocycles. The number of nitrogens with zero attached hydrogens (tertiary/aromatic N) is 5. The van der Waals surface area contributed by atoms with E-state index in [-0.39, 0.29) is 6.10 Å². The zero-order chi connectivity index (χ0) is 16.5. The van der Waals surface area contributed by atoms with Crippen LogP contribution in [0.1, 0.15) is 12.8 Å². The minimum absolute atomic E-state index is 0.121.